The second kappa shape index (κ2) is 5.75. The van der Waals surface area contributed by atoms with Crippen LogP contribution >= 0.6 is 0 Å². The van der Waals surface area contributed by atoms with Crippen LogP contribution in [0.15, 0.2) is 36.7 Å². The van der Waals surface area contributed by atoms with Gasteiger partial charge in [-0.25, -0.2) is 4.39 Å². The monoisotopic (exact) mass is 275 g/mol. The molecule has 4 heteroatoms. The summed E-state index contributed by atoms with van der Waals surface area (Å²) in [6.45, 7) is 9.10. The van der Waals surface area contributed by atoms with E-state index < -0.39 is 0 Å². The van der Waals surface area contributed by atoms with Gasteiger partial charge in [0.25, 0.3) is 0 Å². The Bertz CT molecular complexity index is 569. The maximum atomic E-state index is 13.2. The van der Waals surface area contributed by atoms with Crippen LogP contribution in [0.5, 0.6) is 0 Å². The number of hydrogen-bond acceptors (Lipinski definition) is 2. The molecule has 0 saturated heterocycles. The fourth-order valence-corrected chi connectivity index (χ4v) is 1.98. The lowest BCUT2D eigenvalue weighted by atomic mass is 10.1. The van der Waals surface area contributed by atoms with Crippen molar-refractivity contribution in [2.24, 2.45) is 0 Å². The highest BCUT2D eigenvalue weighted by atomic mass is 19.1. The van der Waals surface area contributed by atoms with Gasteiger partial charge in [-0.1, -0.05) is 12.1 Å². The Morgan fingerprint density at radius 2 is 2.10 bits per heavy atom. The molecule has 108 valence electrons. The lowest BCUT2D eigenvalue weighted by molar-refractivity contribution is 0.355. The Morgan fingerprint density at radius 3 is 2.70 bits per heavy atom. The smallest absolute Gasteiger partial charge is 0.123 e. The van der Waals surface area contributed by atoms with Crippen LogP contribution in [0.25, 0.3) is 0 Å². The van der Waals surface area contributed by atoms with Crippen molar-refractivity contribution in [1.82, 2.24) is 15.1 Å². The Kier molecular flexibility index (Phi) is 4.23. The minimum atomic E-state index is -0.197. The van der Waals surface area contributed by atoms with Gasteiger partial charge in [-0.05, 0) is 45.4 Å². The third-order valence-electron chi connectivity index (χ3n) is 3.28. The van der Waals surface area contributed by atoms with Gasteiger partial charge in [0.15, 0.2) is 0 Å². The highest BCUT2D eigenvalue weighted by molar-refractivity contribution is 5.19. The molecule has 0 aliphatic rings. The molecular weight excluding hydrogens is 253 g/mol. The number of nitrogens with zero attached hydrogens (tertiary/aromatic N) is 2. The van der Waals surface area contributed by atoms with E-state index in [2.05, 4.69) is 31.2 Å². The van der Waals surface area contributed by atoms with E-state index in [1.807, 2.05) is 30.1 Å². The van der Waals surface area contributed by atoms with Crippen molar-refractivity contribution in [2.75, 3.05) is 0 Å². The zero-order chi connectivity index (χ0) is 14.8. The van der Waals surface area contributed by atoms with E-state index in [0.29, 0.717) is 6.54 Å². The number of halogens is 1. The van der Waals surface area contributed by atoms with Gasteiger partial charge < -0.3 is 5.32 Å². The summed E-state index contributed by atoms with van der Waals surface area (Å²) in [5, 5.41) is 7.76. The molecule has 0 saturated carbocycles. The maximum absolute atomic E-state index is 13.2. The second-order valence-electron chi connectivity index (χ2n) is 6.12. The molecule has 0 amide bonds. The van der Waals surface area contributed by atoms with E-state index in [-0.39, 0.29) is 17.4 Å². The summed E-state index contributed by atoms with van der Waals surface area (Å²) in [6.07, 6.45) is 3.92. The van der Waals surface area contributed by atoms with E-state index in [1.54, 1.807) is 12.1 Å². The molecular formula is C16H22FN3. The van der Waals surface area contributed by atoms with Crippen LogP contribution in [0.4, 0.5) is 4.39 Å². The molecule has 1 N–H and O–H groups in total. The predicted molar refractivity (Wildman–Crippen MR) is 78.9 cm³/mol. The fourth-order valence-electron chi connectivity index (χ4n) is 1.98. The summed E-state index contributed by atoms with van der Waals surface area (Å²) in [5.74, 6) is -0.197. The molecule has 0 radical (unpaired) electrons. The Balaban J connectivity index is 1.97. The molecule has 2 rings (SSSR count). The molecule has 0 spiro atoms. The Hall–Kier alpha value is -1.68. The summed E-state index contributed by atoms with van der Waals surface area (Å²) < 4.78 is 15.1. The highest BCUT2D eigenvalue weighted by Crippen LogP contribution is 2.16. The first kappa shape index (κ1) is 14.7. The van der Waals surface area contributed by atoms with Crippen molar-refractivity contribution in [2.45, 2.75) is 45.8 Å². The van der Waals surface area contributed by atoms with Crippen molar-refractivity contribution >= 4 is 0 Å². The molecule has 2 aromatic rings. The second-order valence-corrected chi connectivity index (χ2v) is 6.12. The average molecular weight is 275 g/mol. The molecule has 20 heavy (non-hydrogen) atoms. The normalized spacial score (nSPS) is 13.4. The molecule has 1 aromatic carbocycles. The summed E-state index contributed by atoms with van der Waals surface area (Å²) in [7, 11) is 0. The molecule has 0 fully saturated rings. The van der Waals surface area contributed by atoms with E-state index in [9.17, 15) is 4.39 Å². The molecule has 1 heterocycles. The summed E-state index contributed by atoms with van der Waals surface area (Å²) in [6, 6.07) is 6.79. The molecule has 0 unspecified atom stereocenters. The molecule has 3 nitrogen and oxygen atoms in total. The van der Waals surface area contributed by atoms with Gasteiger partial charge >= 0.3 is 0 Å². The number of hydrogen-bond donors (Lipinski definition) is 1. The van der Waals surface area contributed by atoms with Crippen LogP contribution in [0, 0.1) is 5.82 Å². The van der Waals surface area contributed by atoms with Crippen molar-refractivity contribution < 1.29 is 4.39 Å². The van der Waals surface area contributed by atoms with Crippen LogP contribution < -0.4 is 5.32 Å². The third kappa shape index (κ3) is 3.67. The summed E-state index contributed by atoms with van der Waals surface area (Å²) in [4.78, 5) is 0. The van der Waals surface area contributed by atoms with Gasteiger partial charge in [0.05, 0.1) is 11.7 Å². The van der Waals surface area contributed by atoms with Crippen molar-refractivity contribution in [3.63, 3.8) is 0 Å². The standard InChI is InChI=1S/C16H22FN3/c1-12(14-6-5-7-15(17)8-14)18-9-13-10-19-20(11-13)16(2,3)4/h5-8,10-12,18H,9H2,1-4H3/t12-/m1/s1. The largest absolute Gasteiger partial charge is 0.306 e. The Labute approximate surface area is 119 Å². The minimum absolute atomic E-state index is 0.00752. The van der Waals surface area contributed by atoms with Gasteiger partial charge in [-0.3, -0.25) is 4.68 Å². The highest BCUT2D eigenvalue weighted by Gasteiger charge is 2.14. The quantitative estimate of drug-likeness (QED) is 0.923. The molecule has 0 aliphatic carbocycles. The van der Waals surface area contributed by atoms with Crippen LogP contribution in [-0.4, -0.2) is 9.78 Å². The Morgan fingerprint density at radius 1 is 1.35 bits per heavy atom. The number of aromatic nitrogens is 2. The van der Waals surface area contributed by atoms with E-state index in [1.165, 1.54) is 6.07 Å². The van der Waals surface area contributed by atoms with Crippen molar-refractivity contribution in [1.29, 1.82) is 0 Å². The van der Waals surface area contributed by atoms with E-state index >= 15 is 0 Å². The molecule has 1 aromatic heterocycles. The average Bonchev–Trinajstić information content (AvgIpc) is 2.84. The van der Waals surface area contributed by atoms with Gasteiger partial charge in [0, 0.05) is 24.3 Å². The zero-order valence-electron chi connectivity index (χ0n) is 12.5. The molecule has 1 atom stereocenters. The van der Waals surface area contributed by atoms with Gasteiger partial charge in [-0.2, -0.15) is 5.10 Å². The fraction of sp³-hybridized carbons (Fsp3) is 0.438. The molecule has 0 bridgehead atoms. The first-order chi connectivity index (χ1) is 9.36. The van der Waals surface area contributed by atoms with Crippen molar-refractivity contribution in [3.8, 4) is 0 Å². The maximum Gasteiger partial charge on any atom is 0.123 e. The summed E-state index contributed by atoms with van der Waals surface area (Å²) >= 11 is 0. The predicted octanol–water partition coefficient (Wildman–Crippen LogP) is 3.63. The lowest BCUT2D eigenvalue weighted by Crippen LogP contribution is -2.22. The first-order valence-electron chi connectivity index (χ1n) is 6.89. The van der Waals surface area contributed by atoms with E-state index in [0.717, 1.165) is 11.1 Å². The van der Waals surface area contributed by atoms with Crippen LogP contribution in [0.3, 0.4) is 0 Å². The van der Waals surface area contributed by atoms with Crippen LogP contribution in [0.1, 0.15) is 44.9 Å². The van der Waals surface area contributed by atoms with Gasteiger partial charge in [0.1, 0.15) is 5.82 Å². The first-order valence-corrected chi connectivity index (χ1v) is 6.89. The van der Waals surface area contributed by atoms with Gasteiger partial charge in [-0.15, -0.1) is 0 Å². The van der Waals surface area contributed by atoms with Crippen molar-refractivity contribution in [3.05, 3.63) is 53.6 Å². The van der Waals surface area contributed by atoms with Crippen LogP contribution in [-0.2, 0) is 12.1 Å². The number of nitrogens with one attached hydrogen (secondary N) is 1. The third-order valence-corrected chi connectivity index (χ3v) is 3.28. The van der Waals surface area contributed by atoms with Crippen LogP contribution in [0.2, 0.25) is 0 Å². The zero-order valence-corrected chi connectivity index (χ0v) is 12.5. The lowest BCUT2D eigenvalue weighted by Gasteiger charge is -2.18. The number of benzene rings is 1. The van der Waals surface area contributed by atoms with Gasteiger partial charge in [0.2, 0.25) is 0 Å². The summed E-state index contributed by atoms with van der Waals surface area (Å²) in [5.41, 5.74) is 2.07. The minimum Gasteiger partial charge on any atom is -0.306 e. The SMILES string of the molecule is C[C@@H](NCc1cnn(C(C)(C)C)c1)c1cccc(F)c1. The van der Waals surface area contributed by atoms with E-state index in [4.69, 9.17) is 0 Å². The topological polar surface area (TPSA) is 29.9 Å². The number of rotatable bonds is 4. The molecule has 0 aliphatic heterocycles.